The molecule has 0 atom stereocenters. The molecule has 0 saturated heterocycles. The van der Waals surface area contributed by atoms with Crippen LogP contribution in [0.25, 0.3) is 10.6 Å². The van der Waals surface area contributed by atoms with Gasteiger partial charge in [0.2, 0.25) is 5.13 Å². The second-order valence-corrected chi connectivity index (χ2v) is 5.20. The normalized spacial score (nSPS) is 10.4. The molecule has 0 fully saturated rings. The fourth-order valence-corrected chi connectivity index (χ4v) is 2.56. The van der Waals surface area contributed by atoms with Crippen molar-refractivity contribution in [3.8, 4) is 10.6 Å². The predicted molar refractivity (Wildman–Crippen MR) is 79.8 cm³/mol. The molecular formula is C15H13N3S. The zero-order valence-corrected chi connectivity index (χ0v) is 11.3. The summed E-state index contributed by atoms with van der Waals surface area (Å²) in [6.07, 6.45) is 0. The van der Waals surface area contributed by atoms with Gasteiger partial charge in [0.1, 0.15) is 5.01 Å². The van der Waals surface area contributed by atoms with Crippen molar-refractivity contribution >= 4 is 22.2 Å². The number of rotatable bonds is 3. The first-order chi connectivity index (χ1) is 9.33. The third kappa shape index (κ3) is 2.63. The van der Waals surface area contributed by atoms with E-state index in [1.54, 1.807) is 11.3 Å². The Hall–Kier alpha value is -2.20. The first-order valence-electron chi connectivity index (χ1n) is 6.04. The minimum atomic E-state index is 0.813. The van der Waals surface area contributed by atoms with Crippen molar-refractivity contribution in [1.82, 2.24) is 10.2 Å². The second-order valence-electron chi connectivity index (χ2n) is 4.22. The van der Waals surface area contributed by atoms with E-state index in [1.165, 1.54) is 5.56 Å². The van der Waals surface area contributed by atoms with Gasteiger partial charge in [-0.05, 0) is 18.6 Å². The highest BCUT2D eigenvalue weighted by atomic mass is 32.1. The maximum absolute atomic E-state index is 4.22. The molecule has 19 heavy (non-hydrogen) atoms. The first kappa shape index (κ1) is 11.9. The third-order valence-corrected chi connectivity index (χ3v) is 3.72. The number of para-hydroxylation sites is 1. The molecule has 0 aliphatic carbocycles. The average Bonchev–Trinajstić information content (AvgIpc) is 2.91. The number of hydrogen-bond acceptors (Lipinski definition) is 4. The number of aryl methyl sites for hydroxylation is 1. The van der Waals surface area contributed by atoms with Crippen LogP contribution in [-0.4, -0.2) is 10.2 Å². The molecule has 3 aromatic rings. The van der Waals surface area contributed by atoms with E-state index >= 15 is 0 Å². The lowest BCUT2D eigenvalue weighted by Gasteiger charge is -2.04. The van der Waals surface area contributed by atoms with Crippen LogP contribution in [-0.2, 0) is 0 Å². The van der Waals surface area contributed by atoms with E-state index in [0.717, 1.165) is 21.4 Å². The van der Waals surface area contributed by atoms with E-state index in [1.807, 2.05) is 48.5 Å². The molecule has 2 aromatic carbocycles. The molecule has 0 saturated carbocycles. The highest BCUT2D eigenvalue weighted by Gasteiger charge is 2.06. The first-order valence-corrected chi connectivity index (χ1v) is 6.86. The minimum Gasteiger partial charge on any atom is -0.330 e. The lowest BCUT2D eigenvalue weighted by atomic mass is 10.2. The molecular weight excluding hydrogens is 254 g/mol. The van der Waals surface area contributed by atoms with Crippen LogP contribution in [0, 0.1) is 6.92 Å². The molecule has 0 aliphatic heterocycles. The SMILES string of the molecule is Cc1ccccc1Nc1nnc(-c2ccccc2)s1. The summed E-state index contributed by atoms with van der Waals surface area (Å²) < 4.78 is 0. The van der Waals surface area contributed by atoms with Crippen LogP contribution in [0.15, 0.2) is 54.6 Å². The molecule has 94 valence electrons. The minimum absolute atomic E-state index is 0.813. The molecule has 0 radical (unpaired) electrons. The van der Waals surface area contributed by atoms with Gasteiger partial charge in [-0.1, -0.05) is 59.9 Å². The van der Waals surface area contributed by atoms with Gasteiger partial charge in [0.25, 0.3) is 0 Å². The standard InChI is InChI=1S/C15H13N3S/c1-11-7-5-6-10-13(11)16-15-18-17-14(19-15)12-8-3-2-4-9-12/h2-10H,1H3,(H,16,18). The fourth-order valence-electron chi connectivity index (χ4n) is 1.80. The summed E-state index contributed by atoms with van der Waals surface area (Å²) >= 11 is 1.56. The van der Waals surface area contributed by atoms with Crippen LogP contribution >= 0.6 is 11.3 Å². The average molecular weight is 267 g/mol. The smallest absolute Gasteiger partial charge is 0.210 e. The van der Waals surface area contributed by atoms with Crippen molar-refractivity contribution in [2.75, 3.05) is 5.32 Å². The van der Waals surface area contributed by atoms with Gasteiger partial charge in [0.15, 0.2) is 0 Å². The van der Waals surface area contributed by atoms with Crippen LogP contribution in [0.1, 0.15) is 5.56 Å². The summed E-state index contributed by atoms with van der Waals surface area (Å²) in [6, 6.07) is 18.2. The van der Waals surface area contributed by atoms with E-state index < -0.39 is 0 Å². The molecule has 1 N–H and O–H groups in total. The fraction of sp³-hybridized carbons (Fsp3) is 0.0667. The largest absolute Gasteiger partial charge is 0.330 e. The zero-order valence-electron chi connectivity index (χ0n) is 10.5. The molecule has 4 heteroatoms. The maximum atomic E-state index is 4.22. The van der Waals surface area contributed by atoms with E-state index in [0.29, 0.717) is 0 Å². The second kappa shape index (κ2) is 5.20. The van der Waals surface area contributed by atoms with Crippen LogP contribution in [0.3, 0.4) is 0 Å². The molecule has 0 unspecified atom stereocenters. The summed E-state index contributed by atoms with van der Waals surface area (Å²) in [7, 11) is 0. The Kier molecular flexibility index (Phi) is 3.25. The molecule has 1 aromatic heterocycles. The summed E-state index contributed by atoms with van der Waals surface area (Å²) in [6.45, 7) is 2.07. The molecule has 0 amide bonds. The summed E-state index contributed by atoms with van der Waals surface area (Å²) in [4.78, 5) is 0. The van der Waals surface area contributed by atoms with Crippen LogP contribution in [0.2, 0.25) is 0 Å². The third-order valence-electron chi connectivity index (χ3n) is 2.83. The van der Waals surface area contributed by atoms with Gasteiger partial charge in [-0.25, -0.2) is 0 Å². The van der Waals surface area contributed by atoms with Crippen molar-refractivity contribution < 1.29 is 0 Å². The maximum Gasteiger partial charge on any atom is 0.210 e. The number of anilines is 2. The van der Waals surface area contributed by atoms with Gasteiger partial charge in [-0.3, -0.25) is 0 Å². The Balaban J connectivity index is 1.85. The van der Waals surface area contributed by atoms with Crippen LogP contribution < -0.4 is 5.32 Å². The van der Waals surface area contributed by atoms with Crippen molar-refractivity contribution in [1.29, 1.82) is 0 Å². The summed E-state index contributed by atoms with van der Waals surface area (Å²) in [5.41, 5.74) is 3.36. The molecule has 0 bridgehead atoms. The monoisotopic (exact) mass is 267 g/mol. The Bertz CT molecular complexity index is 677. The number of hydrogen-bond donors (Lipinski definition) is 1. The molecule has 1 heterocycles. The predicted octanol–water partition coefficient (Wildman–Crippen LogP) is 4.26. The topological polar surface area (TPSA) is 37.8 Å². The quantitative estimate of drug-likeness (QED) is 0.770. The Morgan fingerprint density at radius 2 is 1.63 bits per heavy atom. The highest BCUT2D eigenvalue weighted by molar-refractivity contribution is 7.18. The molecule has 3 rings (SSSR count). The van der Waals surface area contributed by atoms with E-state index in [9.17, 15) is 0 Å². The van der Waals surface area contributed by atoms with E-state index in [4.69, 9.17) is 0 Å². The van der Waals surface area contributed by atoms with Crippen molar-refractivity contribution in [2.45, 2.75) is 6.92 Å². The summed E-state index contributed by atoms with van der Waals surface area (Å²) in [5.74, 6) is 0. The van der Waals surface area contributed by atoms with Crippen molar-refractivity contribution in [2.24, 2.45) is 0 Å². The van der Waals surface area contributed by atoms with Crippen molar-refractivity contribution in [3.63, 3.8) is 0 Å². The van der Waals surface area contributed by atoms with E-state index in [-0.39, 0.29) is 0 Å². The van der Waals surface area contributed by atoms with Crippen LogP contribution in [0.5, 0.6) is 0 Å². The van der Waals surface area contributed by atoms with Gasteiger partial charge in [0.05, 0.1) is 0 Å². The molecule has 3 nitrogen and oxygen atoms in total. The molecule has 0 aliphatic rings. The number of aromatic nitrogens is 2. The van der Waals surface area contributed by atoms with Gasteiger partial charge in [-0.15, -0.1) is 10.2 Å². The van der Waals surface area contributed by atoms with Gasteiger partial charge in [-0.2, -0.15) is 0 Å². The van der Waals surface area contributed by atoms with E-state index in [2.05, 4.69) is 28.5 Å². The van der Waals surface area contributed by atoms with Gasteiger partial charge < -0.3 is 5.32 Å². The zero-order chi connectivity index (χ0) is 13.1. The molecule has 0 spiro atoms. The Morgan fingerprint density at radius 1 is 0.895 bits per heavy atom. The Labute approximate surface area is 116 Å². The highest BCUT2D eigenvalue weighted by Crippen LogP contribution is 2.28. The lowest BCUT2D eigenvalue weighted by Crippen LogP contribution is -1.91. The summed E-state index contributed by atoms with van der Waals surface area (Å²) in [5, 5.41) is 13.5. The number of nitrogens with zero attached hydrogens (tertiary/aromatic N) is 2. The van der Waals surface area contributed by atoms with Gasteiger partial charge in [0, 0.05) is 11.3 Å². The van der Waals surface area contributed by atoms with Crippen LogP contribution in [0.4, 0.5) is 10.8 Å². The van der Waals surface area contributed by atoms with Crippen molar-refractivity contribution in [3.05, 3.63) is 60.2 Å². The lowest BCUT2D eigenvalue weighted by molar-refractivity contribution is 1.10. The number of nitrogens with one attached hydrogen (secondary N) is 1. The number of benzene rings is 2. The van der Waals surface area contributed by atoms with Gasteiger partial charge >= 0.3 is 0 Å². The Morgan fingerprint density at radius 3 is 2.42 bits per heavy atom.